The normalized spacial score (nSPS) is 12.1. The van der Waals surface area contributed by atoms with E-state index in [9.17, 15) is 5.11 Å². The van der Waals surface area contributed by atoms with Crippen LogP contribution in [0.15, 0.2) is 71.3 Å². The molecule has 0 aliphatic rings. The second kappa shape index (κ2) is 11.4. The highest BCUT2D eigenvalue weighted by atomic mass is 16.5. The molecule has 6 heteroatoms. The minimum Gasteiger partial charge on any atom is -0.493 e. The first kappa shape index (κ1) is 21.9. The molecule has 30 heavy (non-hydrogen) atoms. The zero-order valence-corrected chi connectivity index (χ0v) is 17.5. The number of methoxy groups -OCH3 is 2. The summed E-state index contributed by atoms with van der Waals surface area (Å²) in [6.07, 6.45) is 0.989. The second-order valence-corrected chi connectivity index (χ2v) is 7.09. The van der Waals surface area contributed by atoms with Crippen LogP contribution in [0.1, 0.15) is 16.9 Å². The lowest BCUT2D eigenvalue weighted by atomic mass is 10.1. The average Bonchev–Trinajstić information content (AvgIpc) is 3.28. The van der Waals surface area contributed by atoms with Gasteiger partial charge in [-0.1, -0.05) is 36.4 Å². The van der Waals surface area contributed by atoms with Crippen molar-refractivity contribution in [2.75, 3.05) is 27.4 Å². The summed E-state index contributed by atoms with van der Waals surface area (Å²) in [6, 6.07) is 19.8. The molecule has 0 saturated carbocycles. The van der Waals surface area contributed by atoms with E-state index in [1.807, 2.05) is 48.5 Å². The van der Waals surface area contributed by atoms with E-state index in [1.54, 1.807) is 20.5 Å². The Bertz CT molecular complexity index is 867. The first-order valence-corrected chi connectivity index (χ1v) is 9.93. The van der Waals surface area contributed by atoms with Gasteiger partial charge in [-0.05, 0) is 35.4 Å². The summed E-state index contributed by atoms with van der Waals surface area (Å²) in [4.78, 5) is 2.19. The predicted octanol–water partition coefficient (Wildman–Crippen LogP) is 3.88. The fourth-order valence-electron chi connectivity index (χ4n) is 3.30. The maximum absolute atomic E-state index is 10.5. The molecule has 0 fully saturated rings. The molecule has 0 unspecified atom stereocenters. The van der Waals surface area contributed by atoms with Crippen LogP contribution in [0.3, 0.4) is 0 Å². The zero-order valence-electron chi connectivity index (χ0n) is 17.5. The van der Waals surface area contributed by atoms with E-state index in [0.717, 1.165) is 11.3 Å². The van der Waals surface area contributed by atoms with Gasteiger partial charge in [-0.3, -0.25) is 4.90 Å². The Morgan fingerprint density at radius 3 is 2.37 bits per heavy atom. The first-order chi connectivity index (χ1) is 14.7. The molecule has 0 spiro atoms. The smallest absolute Gasteiger partial charge is 0.161 e. The van der Waals surface area contributed by atoms with Crippen molar-refractivity contribution < 1.29 is 23.7 Å². The van der Waals surface area contributed by atoms with Gasteiger partial charge in [0.05, 0.1) is 33.2 Å². The van der Waals surface area contributed by atoms with Gasteiger partial charge in [-0.2, -0.15) is 0 Å². The first-order valence-electron chi connectivity index (χ1n) is 9.93. The van der Waals surface area contributed by atoms with Crippen LogP contribution < -0.4 is 9.47 Å². The molecule has 3 rings (SSSR count). The molecule has 1 atom stereocenters. The fourth-order valence-corrected chi connectivity index (χ4v) is 3.30. The van der Waals surface area contributed by atoms with Gasteiger partial charge in [0.25, 0.3) is 0 Å². The summed E-state index contributed by atoms with van der Waals surface area (Å²) in [5, 5.41) is 10.5. The van der Waals surface area contributed by atoms with Crippen molar-refractivity contribution in [3.8, 4) is 11.5 Å². The second-order valence-electron chi connectivity index (χ2n) is 7.09. The van der Waals surface area contributed by atoms with E-state index >= 15 is 0 Å². The Morgan fingerprint density at radius 1 is 0.900 bits per heavy atom. The van der Waals surface area contributed by atoms with Gasteiger partial charge < -0.3 is 23.7 Å². The van der Waals surface area contributed by atoms with E-state index in [2.05, 4.69) is 17.0 Å². The number of hydrogen-bond acceptors (Lipinski definition) is 6. The van der Waals surface area contributed by atoms with Crippen LogP contribution in [0.2, 0.25) is 0 Å². The van der Waals surface area contributed by atoms with E-state index in [0.29, 0.717) is 37.7 Å². The van der Waals surface area contributed by atoms with E-state index < -0.39 is 6.10 Å². The number of nitrogens with zero attached hydrogens (tertiary/aromatic N) is 1. The van der Waals surface area contributed by atoms with Crippen molar-refractivity contribution in [1.82, 2.24) is 4.90 Å². The Balaban J connectivity index is 1.63. The van der Waals surface area contributed by atoms with Gasteiger partial charge in [0.1, 0.15) is 12.4 Å². The average molecular weight is 411 g/mol. The number of aliphatic hydroxyl groups excluding tert-OH is 1. The van der Waals surface area contributed by atoms with Crippen molar-refractivity contribution in [2.24, 2.45) is 0 Å². The molecule has 0 radical (unpaired) electrons. The summed E-state index contributed by atoms with van der Waals surface area (Å²) in [5.41, 5.74) is 2.26. The van der Waals surface area contributed by atoms with Gasteiger partial charge in [0.2, 0.25) is 0 Å². The topological polar surface area (TPSA) is 64.3 Å². The third-order valence-electron chi connectivity index (χ3n) is 4.71. The number of rotatable bonds is 12. The molecule has 6 nitrogen and oxygen atoms in total. The fraction of sp³-hybridized carbons (Fsp3) is 0.333. The Labute approximate surface area is 177 Å². The number of aliphatic hydroxyl groups is 1. The summed E-state index contributed by atoms with van der Waals surface area (Å²) in [5.74, 6) is 2.13. The Kier molecular flexibility index (Phi) is 8.32. The van der Waals surface area contributed by atoms with Crippen LogP contribution >= 0.6 is 0 Å². The zero-order chi connectivity index (χ0) is 21.2. The molecule has 0 amide bonds. The van der Waals surface area contributed by atoms with Crippen LogP contribution in [0.5, 0.6) is 11.5 Å². The van der Waals surface area contributed by atoms with Gasteiger partial charge in [0.15, 0.2) is 11.5 Å². The monoisotopic (exact) mass is 411 g/mol. The standard InChI is InChI=1S/C24H29NO5/c1-27-23-11-10-20(13-24(23)28-2)15-25(14-19-7-4-3-5-8-19)16-21(26)17-29-18-22-9-6-12-30-22/h3-13,21,26H,14-18H2,1-2H3/t21-/m0/s1. The lowest BCUT2D eigenvalue weighted by Crippen LogP contribution is -2.34. The van der Waals surface area contributed by atoms with E-state index in [-0.39, 0.29) is 6.61 Å². The largest absolute Gasteiger partial charge is 0.493 e. The molecule has 1 heterocycles. The maximum atomic E-state index is 10.5. The Hall–Kier alpha value is -2.80. The molecule has 1 aromatic heterocycles. The van der Waals surface area contributed by atoms with Crippen molar-refractivity contribution in [3.63, 3.8) is 0 Å². The summed E-state index contributed by atoms with van der Waals surface area (Å²) in [7, 11) is 3.25. The van der Waals surface area contributed by atoms with Crippen molar-refractivity contribution in [3.05, 3.63) is 83.8 Å². The molecule has 3 aromatic rings. The molecule has 160 valence electrons. The number of hydrogen-bond donors (Lipinski definition) is 1. The lowest BCUT2D eigenvalue weighted by molar-refractivity contribution is 0.00252. The third-order valence-corrected chi connectivity index (χ3v) is 4.71. The molecule has 0 bridgehead atoms. The van der Waals surface area contributed by atoms with E-state index in [4.69, 9.17) is 18.6 Å². The van der Waals surface area contributed by atoms with Crippen LogP contribution in [-0.2, 0) is 24.4 Å². The minimum absolute atomic E-state index is 0.234. The maximum Gasteiger partial charge on any atom is 0.161 e. The van der Waals surface area contributed by atoms with Crippen LogP contribution in [-0.4, -0.2) is 43.5 Å². The third kappa shape index (κ3) is 6.62. The Morgan fingerprint density at radius 2 is 1.67 bits per heavy atom. The summed E-state index contributed by atoms with van der Waals surface area (Å²) >= 11 is 0. The number of ether oxygens (including phenoxy) is 3. The number of furan rings is 1. The molecule has 0 aliphatic carbocycles. The molecule has 1 N–H and O–H groups in total. The van der Waals surface area contributed by atoms with Crippen molar-refractivity contribution in [1.29, 1.82) is 0 Å². The molecule has 0 saturated heterocycles. The highest BCUT2D eigenvalue weighted by Crippen LogP contribution is 2.28. The number of benzene rings is 2. The SMILES string of the molecule is COc1ccc(CN(Cc2ccccc2)C[C@H](O)COCc2ccco2)cc1OC. The molecule has 2 aromatic carbocycles. The molecule has 0 aliphatic heterocycles. The highest BCUT2D eigenvalue weighted by Gasteiger charge is 2.15. The quantitative estimate of drug-likeness (QED) is 0.488. The predicted molar refractivity (Wildman–Crippen MR) is 114 cm³/mol. The molecular formula is C24H29NO5. The van der Waals surface area contributed by atoms with Crippen LogP contribution in [0.25, 0.3) is 0 Å². The highest BCUT2D eigenvalue weighted by molar-refractivity contribution is 5.42. The molecular weight excluding hydrogens is 382 g/mol. The minimum atomic E-state index is -0.621. The summed E-state index contributed by atoms with van der Waals surface area (Å²) < 4.78 is 21.6. The van der Waals surface area contributed by atoms with Crippen molar-refractivity contribution in [2.45, 2.75) is 25.8 Å². The van der Waals surface area contributed by atoms with Crippen molar-refractivity contribution >= 4 is 0 Å². The van der Waals surface area contributed by atoms with Gasteiger partial charge >= 0.3 is 0 Å². The lowest BCUT2D eigenvalue weighted by Gasteiger charge is -2.25. The van der Waals surface area contributed by atoms with E-state index in [1.165, 1.54) is 5.56 Å². The van der Waals surface area contributed by atoms with Gasteiger partial charge in [0, 0.05) is 19.6 Å². The van der Waals surface area contributed by atoms with Gasteiger partial charge in [-0.15, -0.1) is 0 Å². The van der Waals surface area contributed by atoms with Gasteiger partial charge in [-0.25, -0.2) is 0 Å². The van der Waals surface area contributed by atoms with Crippen LogP contribution in [0.4, 0.5) is 0 Å². The summed E-state index contributed by atoms with van der Waals surface area (Å²) in [6.45, 7) is 2.42. The van der Waals surface area contributed by atoms with Crippen LogP contribution in [0, 0.1) is 0 Å².